The minimum absolute atomic E-state index is 0.212. The lowest BCUT2D eigenvalue weighted by atomic mass is 10.0. The van der Waals surface area contributed by atoms with Crippen molar-refractivity contribution in [3.63, 3.8) is 0 Å². The Kier molecular flexibility index (Phi) is 16.0. The zero-order chi connectivity index (χ0) is 44.3. The molecule has 0 aromatic heterocycles. The summed E-state index contributed by atoms with van der Waals surface area (Å²) in [6.45, 7) is 0.660. The van der Waals surface area contributed by atoms with Crippen LogP contribution in [-0.4, -0.2) is 55.7 Å². The maximum absolute atomic E-state index is 13.2. The van der Waals surface area contributed by atoms with Crippen LogP contribution in [0, 0.1) is 0 Å². The van der Waals surface area contributed by atoms with E-state index in [1.807, 2.05) is 78.9 Å². The summed E-state index contributed by atoms with van der Waals surface area (Å²) >= 11 is 0. The normalized spacial score (nSPS) is 11.4. The van der Waals surface area contributed by atoms with Gasteiger partial charge in [0.1, 0.15) is 25.4 Å². The van der Waals surface area contributed by atoms with Crippen molar-refractivity contribution in [2.75, 3.05) is 35.8 Å². The third kappa shape index (κ3) is 14.3. The first-order valence-electron chi connectivity index (χ1n) is 20.2. The fraction of sp³-hybridized carbons (Fsp3) is 0.180. The summed E-state index contributed by atoms with van der Waals surface area (Å²) in [6, 6.07) is 46.5. The summed E-state index contributed by atoms with van der Waals surface area (Å²) in [4.78, 5) is 67.6. The van der Waals surface area contributed by atoms with Gasteiger partial charge in [-0.1, -0.05) is 97.9 Å². The molecule has 13 nitrogen and oxygen atoms in total. The molecular formula is C50H45N5O8. The predicted molar refractivity (Wildman–Crippen MR) is 240 cm³/mol. The molecule has 0 saturated carbocycles. The van der Waals surface area contributed by atoms with Crippen molar-refractivity contribution in [1.29, 1.82) is 0 Å². The second kappa shape index (κ2) is 22.6. The molecule has 0 saturated heterocycles. The molecule has 3 N–H and O–H groups in total. The van der Waals surface area contributed by atoms with Crippen LogP contribution in [0.3, 0.4) is 0 Å². The average Bonchev–Trinajstić information content (AvgIpc) is 3.30. The number of benzene rings is 6. The van der Waals surface area contributed by atoms with Crippen molar-refractivity contribution in [1.82, 2.24) is 0 Å². The van der Waals surface area contributed by atoms with E-state index < -0.39 is 30.3 Å². The van der Waals surface area contributed by atoms with Crippen LogP contribution in [0.25, 0.3) is 0 Å². The highest BCUT2D eigenvalue weighted by Crippen LogP contribution is 2.22. The molecule has 6 aromatic carbocycles. The second-order valence-electron chi connectivity index (χ2n) is 14.6. The molecule has 318 valence electrons. The minimum atomic E-state index is -1.39. The molecule has 0 radical (unpaired) electrons. The van der Waals surface area contributed by atoms with E-state index in [4.69, 9.17) is 14.2 Å². The number of aliphatic imine (C=N–C) groups is 2. The van der Waals surface area contributed by atoms with Crippen LogP contribution in [0.4, 0.5) is 38.0 Å². The number of rotatable bonds is 19. The van der Waals surface area contributed by atoms with E-state index in [0.717, 1.165) is 34.2 Å². The number of carbonyl (C=O) groups excluding carboxylic acids is 5. The maximum Gasteiger partial charge on any atom is 0.411 e. The summed E-state index contributed by atoms with van der Waals surface area (Å²) in [6.07, 6.45) is 3.73. The van der Waals surface area contributed by atoms with Crippen molar-refractivity contribution >= 4 is 58.7 Å². The van der Waals surface area contributed by atoms with E-state index in [0.29, 0.717) is 41.3 Å². The number of anilines is 3. The molecule has 13 heteroatoms. The van der Waals surface area contributed by atoms with Crippen molar-refractivity contribution in [2.45, 2.75) is 38.2 Å². The van der Waals surface area contributed by atoms with E-state index in [9.17, 15) is 24.0 Å². The molecule has 3 amide bonds. The average molecular weight is 844 g/mol. The Morgan fingerprint density at radius 1 is 0.492 bits per heavy atom. The number of amides is 3. The minimum Gasteiger partial charge on any atom is -0.446 e. The molecule has 6 rings (SSSR count). The Hall–Kier alpha value is -7.95. The molecule has 1 unspecified atom stereocenters. The molecule has 1 atom stereocenters. The molecule has 0 spiro atoms. The standard InChI is InChI=1S/C50H45N5O8/c1-2-50(32-61-48(59)54-45-24-14-39(15-25-45)28-36-6-4-3-5-7-36,33-62-49(60)55-46-26-16-41(17-27-46)30-38-10-20-43(21-11-38)52-35-57)63-31-47(58)53-44-22-12-40(13-23-44)29-37-8-18-42(19-9-37)51-34-56/h3-27H,2,28-33H2,1H3,(H,53,58)(H,54,59)(H,55,60). The van der Waals surface area contributed by atoms with Gasteiger partial charge >= 0.3 is 12.2 Å². The van der Waals surface area contributed by atoms with E-state index in [1.54, 1.807) is 67.6 Å². The summed E-state index contributed by atoms with van der Waals surface area (Å²) in [5.41, 5.74) is 7.47. The quantitative estimate of drug-likeness (QED) is 0.0534. The topological polar surface area (TPSA) is 174 Å². The molecule has 0 aliphatic rings. The number of hydrogen-bond donors (Lipinski definition) is 3. The summed E-state index contributed by atoms with van der Waals surface area (Å²) in [5.74, 6) is -0.470. The SMILES string of the molecule is CCC(COC(=O)Nc1ccc(Cc2ccccc2)cc1)(COC(=O)Nc1ccc(Cc2ccc(N=C=O)cc2)cc1)OCC(=O)Nc1ccc(Cc2ccc(N=C=O)cc2)cc1. The van der Waals surface area contributed by atoms with Gasteiger partial charge in [-0.3, -0.25) is 15.4 Å². The van der Waals surface area contributed by atoms with Gasteiger partial charge < -0.3 is 19.5 Å². The fourth-order valence-electron chi connectivity index (χ4n) is 6.45. The Bertz CT molecular complexity index is 2410. The Labute approximate surface area is 364 Å². The van der Waals surface area contributed by atoms with Crippen LogP contribution < -0.4 is 16.0 Å². The summed E-state index contributed by atoms with van der Waals surface area (Å²) in [5, 5.41) is 8.26. The van der Waals surface area contributed by atoms with Crippen molar-refractivity contribution in [3.8, 4) is 0 Å². The molecule has 0 heterocycles. The number of nitrogens with one attached hydrogen (secondary N) is 3. The van der Waals surface area contributed by atoms with E-state index in [1.165, 1.54) is 17.7 Å². The van der Waals surface area contributed by atoms with Crippen molar-refractivity contribution in [2.24, 2.45) is 9.98 Å². The van der Waals surface area contributed by atoms with Gasteiger partial charge in [0.05, 0.1) is 11.4 Å². The van der Waals surface area contributed by atoms with Crippen LogP contribution in [0.5, 0.6) is 0 Å². The molecule has 0 aliphatic heterocycles. The van der Waals surface area contributed by atoms with Gasteiger partial charge in [0.2, 0.25) is 18.1 Å². The summed E-state index contributed by atoms with van der Waals surface area (Å²) in [7, 11) is 0. The third-order valence-electron chi connectivity index (χ3n) is 10.0. The Morgan fingerprint density at radius 2 is 0.841 bits per heavy atom. The molecule has 0 bridgehead atoms. The van der Waals surface area contributed by atoms with Gasteiger partial charge in [-0.15, -0.1) is 0 Å². The van der Waals surface area contributed by atoms with Crippen LogP contribution in [0.15, 0.2) is 162 Å². The van der Waals surface area contributed by atoms with Gasteiger partial charge in [-0.25, -0.2) is 19.2 Å². The predicted octanol–water partition coefficient (Wildman–Crippen LogP) is 9.99. The third-order valence-corrected chi connectivity index (χ3v) is 10.0. The first kappa shape index (κ1) is 44.6. The van der Waals surface area contributed by atoms with Crippen LogP contribution >= 0.6 is 0 Å². The second-order valence-corrected chi connectivity index (χ2v) is 14.6. The maximum atomic E-state index is 13.2. The van der Waals surface area contributed by atoms with Gasteiger partial charge in [-0.2, -0.15) is 9.98 Å². The number of nitrogens with zero attached hydrogens (tertiary/aromatic N) is 2. The zero-order valence-corrected chi connectivity index (χ0v) is 34.5. The molecular weight excluding hydrogens is 799 g/mol. The van der Waals surface area contributed by atoms with Crippen LogP contribution in [0.2, 0.25) is 0 Å². The van der Waals surface area contributed by atoms with Crippen LogP contribution in [0.1, 0.15) is 46.7 Å². The first-order valence-corrected chi connectivity index (χ1v) is 20.2. The van der Waals surface area contributed by atoms with Gasteiger partial charge in [0.15, 0.2) is 0 Å². The summed E-state index contributed by atoms with van der Waals surface area (Å²) < 4.78 is 17.4. The highest BCUT2D eigenvalue weighted by Gasteiger charge is 2.34. The highest BCUT2D eigenvalue weighted by atomic mass is 16.6. The van der Waals surface area contributed by atoms with Gasteiger partial charge in [-0.05, 0) is 120 Å². The zero-order valence-electron chi connectivity index (χ0n) is 34.5. The monoisotopic (exact) mass is 843 g/mol. The Morgan fingerprint density at radius 3 is 1.21 bits per heavy atom. The molecule has 63 heavy (non-hydrogen) atoms. The van der Waals surface area contributed by atoms with E-state index in [2.05, 4.69) is 38.1 Å². The largest absolute Gasteiger partial charge is 0.446 e. The van der Waals surface area contributed by atoms with E-state index >= 15 is 0 Å². The first-order chi connectivity index (χ1) is 30.7. The molecule has 6 aromatic rings. The fourth-order valence-corrected chi connectivity index (χ4v) is 6.45. The lowest BCUT2D eigenvalue weighted by Crippen LogP contribution is -2.45. The highest BCUT2D eigenvalue weighted by molar-refractivity contribution is 5.91. The number of hydrogen-bond acceptors (Lipinski definition) is 10. The van der Waals surface area contributed by atoms with Crippen molar-refractivity contribution < 1.29 is 38.2 Å². The number of isocyanates is 2. The molecule has 0 fully saturated rings. The molecule has 0 aliphatic carbocycles. The number of ether oxygens (including phenoxy) is 3. The number of carbonyl (C=O) groups is 3. The smallest absolute Gasteiger partial charge is 0.411 e. The van der Waals surface area contributed by atoms with Crippen LogP contribution in [-0.2, 0) is 47.9 Å². The van der Waals surface area contributed by atoms with E-state index in [-0.39, 0.29) is 19.6 Å². The lowest BCUT2D eigenvalue weighted by Gasteiger charge is -2.31. The Balaban J connectivity index is 1.05. The lowest BCUT2D eigenvalue weighted by molar-refractivity contribution is -0.139. The van der Waals surface area contributed by atoms with Crippen molar-refractivity contribution in [3.05, 3.63) is 185 Å². The van der Waals surface area contributed by atoms with Gasteiger partial charge in [0, 0.05) is 17.1 Å². The van der Waals surface area contributed by atoms with Gasteiger partial charge in [0.25, 0.3) is 0 Å².